The average molecular weight is 271 g/mol. The zero-order chi connectivity index (χ0) is 11.1. The van der Waals surface area contributed by atoms with Crippen LogP contribution in [0.4, 0.5) is 0 Å². The number of nitrogens with zero attached hydrogens (tertiary/aromatic N) is 1. The van der Waals surface area contributed by atoms with Gasteiger partial charge in [0.25, 0.3) is 0 Å². The molecular formula is C12H19BrN2. The molecule has 0 aliphatic carbocycles. The number of nitrogens with one attached hydrogen (secondary N) is 1. The van der Waals surface area contributed by atoms with Crippen LogP contribution in [-0.2, 0) is 6.42 Å². The Hall–Kier alpha value is -0.410. The topological polar surface area (TPSA) is 24.9 Å². The lowest BCUT2D eigenvalue weighted by atomic mass is 10.1. The quantitative estimate of drug-likeness (QED) is 0.859. The maximum Gasteiger partial charge on any atom is 0.0413 e. The summed E-state index contributed by atoms with van der Waals surface area (Å²) < 4.78 is 1.05. The Balaban J connectivity index is 2.22. The summed E-state index contributed by atoms with van der Waals surface area (Å²) >= 11 is 3.38. The van der Waals surface area contributed by atoms with Gasteiger partial charge in [-0.25, -0.2) is 0 Å². The van der Waals surface area contributed by atoms with Gasteiger partial charge in [0.1, 0.15) is 0 Å². The highest BCUT2D eigenvalue weighted by molar-refractivity contribution is 9.10. The molecule has 0 saturated heterocycles. The van der Waals surface area contributed by atoms with Gasteiger partial charge in [0.15, 0.2) is 0 Å². The first-order valence-corrected chi connectivity index (χ1v) is 6.35. The summed E-state index contributed by atoms with van der Waals surface area (Å²) in [4.78, 5) is 4.35. The summed E-state index contributed by atoms with van der Waals surface area (Å²) in [5.74, 6) is 0. The molecule has 84 valence electrons. The molecule has 15 heavy (non-hydrogen) atoms. The number of hydrogen-bond donors (Lipinski definition) is 1. The van der Waals surface area contributed by atoms with E-state index in [-0.39, 0.29) is 0 Å². The molecule has 1 aromatic heterocycles. The van der Waals surface area contributed by atoms with E-state index in [9.17, 15) is 0 Å². The normalized spacial score (nSPS) is 12.7. The van der Waals surface area contributed by atoms with Gasteiger partial charge in [-0.05, 0) is 60.8 Å². The molecule has 3 heteroatoms. The Morgan fingerprint density at radius 1 is 1.47 bits per heavy atom. The van der Waals surface area contributed by atoms with Crippen LogP contribution >= 0.6 is 15.9 Å². The highest BCUT2D eigenvalue weighted by atomic mass is 79.9. The summed E-state index contributed by atoms with van der Waals surface area (Å²) in [6.07, 6.45) is 5.35. The van der Waals surface area contributed by atoms with E-state index in [1.54, 1.807) is 0 Å². The number of pyridine rings is 1. The Bertz CT molecular complexity index is 271. The van der Waals surface area contributed by atoms with Crippen molar-refractivity contribution in [3.05, 3.63) is 28.5 Å². The van der Waals surface area contributed by atoms with E-state index in [2.05, 4.69) is 52.2 Å². The molecule has 0 aliphatic rings. The lowest BCUT2D eigenvalue weighted by Crippen LogP contribution is -2.25. The van der Waals surface area contributed by atoms with E-state index < -0.39 is 0 Å². The van der Waals surface area contributed by atoms with Gasteiger partial charge in [-0.2, -0.15) is 0 Å². The van der Waals surface area contributed by atoms with Gasteiger partial charge in [0, 0.05) is 22.4 Å². The largest absolute Gasteiger partial charge is 0.315 e. The number of aryl methyl sites for hydroxylation is 1. The van der Waals surface area contributed by atoms with Crippen molar-refractivity contribution in [1.82, 2.24) is 10.3 Å². The first-order chi connectivity index (χ1) is 7.22. The standard InChI is InChI=1S/C12H19BrN2/c1-3-14-10(2)5-4-6-12-8-7-11(13)9-15-12/h7-10,14H,3-6H2,1-2H3. The van der Waals surface area contributed by atoms with E-state index in [4.69, 9.17) is 0 Å². The Morgan fingerprint density at radius 2 is 2.27 bits per heavy atom. The molecule has 1 heterocycles. The minimum absolute atomic E-state index is 0.616. The highest BCUT2D eigenvalue weighted by Gasteiger charge is 2.00. The van der Waals surface area contributed by atoms with Crippen LogP contribution in [0.3, 0.4) is 0 Å². The molecule has 0 aromatic carbocycles. The number of halogens is 1. The second-order valence-corrected chi connectivity index (χ2v) is 4.73. The van der Waals surface area contributed by atoms with Crippen molar-refractivity contribution in [2.75, 3.05) is 6.54 Å². The van der Waals surface area contributed by atoms with Crippen molar-refractivity contribution in [3.8, 4) is 0 Å². The van der Waals surface area contributed by atoms with Gasteiger partial charge in [0.2, 0.25) is 0 Å². The molecule has 0 amide bonds. The summed E-state index contributed by atoms with van der Waals surface area (Å²) in [6.45, 7) is 5.43. The molecule has 0 fully saturated rings. The van der Waals surface area contributed by atoms with Gasteiger partial charge >= 0.3 is 0 Å². The fourth-order valence-electron chi connectivity index (χ4n) is 1.59. The van der Waals surface area contributed by atoms with Crippen LogP contribution in [-0.4, -0.2) is 17.6 Å². The molecule has 0 aliphatic heterocycles. The third-order valence-corrected chi connectivity index (χ3v) is 2.88. The van der Waals surface area contributed by atoms with Crippen molar-refractivity contribution < 1.29 is 0 Å². The molecule has 1 unspecified atom stereocenters. The summed E-state index contributed by atoms with van der Waals surface area (Å²) in [7, 11) is 0. The smallest absolute Gasteiger partial charge is 0.0413 e. The second-order valence-electron chi connectivity index (χ2n) is 3.82. The van der Waals surface area contributed by atoms with Gasteiger partial charge in [0.05, 0.1) is 0 Å². The van der Waals surface area contributed by atoms with Crippen LogP contribution in [0.2, 0.25) is 0 Å². The minimum Gasteiger partial charge on any atom is -0.315 e. The van der Waals surface area contributed by atoms with Crippen molar-refractivity contribution in [1.29, 1.82) is 0 Å². The van der Waals surface area contributed by atoms with E-state index in [1.807, 2.05) is 6.20 Å². The molecular weight excluding hydrogens is 252 g/mol. The van der Waals surface area contributed by atoms with Crippen molar-refractivity contribution >= 4 is 15.9 Å². The number of aromatic nitrogens is 1. The van der Waals surface area contributed by atoms with E-state index in [0.29, 0.717) is 6.04 Å². The Labute approximate surface area is 101 Å². The molecule has 1 atom stereocenters. The molecule has 1 rings (SSSR count). The van der Waals surface area contributed by atoms with Crippen molar-refractivity contribution in [2.45, 2.75) is 39.2 Å². The predicted molar refractivity (Wildman–Crippen MR) is 68.0 cm³/mol. The van der Waals surface area contributed by atoms with Gasteiger partial charge in [-0.1, -0.05) is 6.92 Å². The summed E-state index contributed by atoms with van der Waals surface area (Å²) in [5, 5.41) is 3.41. The predicted octanol–water partition coefficient (Wildman–Crippen LogP) is 3.16. The molecule has 1 N–H and O–H groups in total. The second kappa shape index (κ2) is 6.96. The van der Waals surface area contributed by atoms with Crippen LogP contribution in [0, 0.1) is 0 Å². The molecule has 0 saturated carbocycles. The summed E-state index contributed by atoms with van der Waals surface area (Å²) in [5.41, 5.74) is 1.18. The zero-order valence-corrected chi connectivity index (χ0v) is 11.0. The maximum absolute atomic E-state index is 4.35. The van der Waals surface area contributed by atoms with Crippen LogP contribution in [0.25, 0.3) is 0 Å². The average Bonchev–Trinajstić information content (AvgIpc) is 2.21. The lowest BCUT2D eigenvalue weighted by molar-refractivity contribution is 0.511. The van der Waals surface area contributed by atoms with Gasteiger partial charge in [-0.3, -0.25) is 4.98 Å². The first kappa shape index (κ1) is 12.7. The van der Waals surface area contributed by atoms with Crippen molar-refractivity contribution in [3.63, 3.8) is 0 Å². The third kappa shape index (κ3) is 5.28. The fourth-order valence-corrected chi connectivity index (χ4v) is 1.83. The van der Waals surface area contributed by atoms with Gasteiger partial charge in [-0.15, -0.1) is 0 Å². The molecule has 0 bridgehead atoms. The zero-order valence-electron chi connectivity index (χ0n) is 9.46. The molecule has 0 spiro atoms. The minimum atomic E-state index is 0.616. The first-order valence-electron chi connectivity index (χ1n) is 5.56. The SMILES string of the molecule is CCNC(C)CCCc1ccc(Br)cn1. The summed E-state index contributed by atoms with van der Waals surface area (Å²) in [6, 6.07) is 4.75. The number of rotatable bonds is 6. The van der Waals surface area contributed by atoms with E-state index in [1.165, 1.54) is 18.5 Å². The molecule has 2 nitrogen and oxygen atoms in total. The monoisotopic (exact) mass is 270 g/mol. The third-order valence-electron chi connectivity index (χ3n) is 2.41. The fraction of sp³-hybridized carbons (Fsp3) is 0.583. The number of hydrogen-bond acceptors (Lipinski definition) is 2. The maximum atomic E-state index is 4.35. The van der Waals surface area contributed by atoms with Crippen molar-refractivity contribution in [2.24, 2.45) is 0 Å². The van der Waals surface area contributed by atoms with Crippen LogP contribution in [0.15, 0.2) is 22.8 Å². The molecule has 0 radical (unpaired) electrons. The van der Waals surface area contributed by atoms with E-state index >= 15 is 0 Å². The Kier molecular flexibility index (Phi) is 5.88. The van der Waals surface area contributed by atoms with E-state index in [0.717, 1.165) is 17.4 Å². The van der Waals surface area contributed by atoms with Gasteiger partial charge < -0.3 is 5.32 Å². The molecule has 1 aromatic rings. The van der Waals surface area contributed by atoms with Crippen LogP contribution in [0.1, 0.15) is 32.4 Å². The van der Waals surface area contributed by atoms with Crippen LogP contribution < -0.4 is 5.32 Å². The highest BCUT2D eigenvalue weighted by Crippen LogP contribution is 2.09. The lowest BCUT2D eigenvalue weighted by Gasteiger charge is -2.11. The Morgan fingerprint density at radius 3 is 2.87 bits per heavy atom. The van der Waals surface area contributed by atoms with Crippen LogP contribution in [0.5, 0.6) is 0 Å².